The van der Waals surface area contributed by atoms with E-state index in [1.54, 1.807) is 30.1 Å². The number of nitrogens with one attached hydrogen (secondary N) is 1. The summed E-state index contributed by atoms with van der Waals surface area (Å²) >= 11 is 0. The van der Waals surface area contributed by atoms with E-state index in [1.165, 1.54) is 0 Å². The van der Waals surface area contributed by atoms with E-state index >= 15 is 0 Å². The van der Waals surface area contributed by atoms with Crippen molar-refractivity contribution in [2.24, 2.45) is 7.05 Å². The van der Waals surface area contributed by atoms with Crippen molar-refractivity contribution in [3.63, 3.8) is 0 Å². The van der Waals surface area contributed by atoms with Crippen molar-refractivity contribution < 1.29 is 9.32 Å². The number of amides is 1. The van der Waals surface area contributed by atoms with Gasteiger partial charge in [0, 0.05) is 25.4 Å². The van der Waals surface area contributed by atoms with Crippen molar-refractivity contribution >= 4 is 22.7 Å². The van der Waals surface area contributed by atoms with Crippen molar-refractivity contribution in [2.75, 3.05) is 5.32 Å². The highest BCUT2D eigenvalue weighted by molar-refractivity contribution is 6.13. The third-order valence-electron chi connectivity index (χ3n) is 4.51. The summed E-state index contributed by atoms with van der Waals surface area (Å²) in [7, 11) is 1.82. The largest absolute Gasteiger partial charge is 0.335 e. The van der Waals surface area contributed by atoms with E-state index in [1.807, 2.05) is 31.8 Å². The lowest BCUT2D eigenvalue weighted by Gasteiger charge is -2.08. The van der Waals surface area contributed by atoms with Crippen LogP contribution in [0.5, 0.6) is 0 Å². The maximum atomic E-state index is 13.1. The van der Waals surface area contributed by atoms with Gasteiger partial charge in [-0.2, -0.15) is 10.2 Å². The van der Waals surface area contributed by atoms with Gasteiger partial charge < -0.3 is 9.84 Å². The van der Waals surface area contributed by atoms with Gasteiger partial charge >= 0.3 is 0 Å². The summed E-state index contributed by atoms with van der Waals surface area (Å²) in [5.41, 5.74) is 4.33. The van der Waals surface area contributed by atoms with Crippen molar-refractivity contribution in [1.29, 1.82) is 0 Å². The molecule has 0 aliphatic rings. The molecule has 1 amide bonds. The monoisotopic (exact) mass is 365 g/mol. The Labute approximate surface area is 155 Å². The van der Waals surface area contributed by atoms with Gasteiger partial charge in [-0.1, -0.05) is 5.16 Å². The van der Waals surface area contributed by atoms with E-state index in [4.69, 9.17) is 4.52 Å². The molecule has 0 atom stereocenters. The summed E-state index contributed by atoms with van der Waals surface area (Å²) in [5, 5.41) is 15.9. The molecule has 0 bridgehead atoms. The highest BCUT2D eigenvalue weighted by atomic mass is 16.5. The zero-order chi connectivity index (χ0) is 19.1. The molecule has 0 fully saturated rings. The average Bonchev–Trinajstić information content (AvgIpc) is 3.35. The number of aryl methyl sites for hydroxylation is 3. The van der Waals surface area contributed by atoms with Crippen LogP contribution >= 0.6 is 0 Å². The molecule has 0 aliphatic carbocycles. The SMILES string of the molecule is CCn1ncc(NC(=O)c2cc(-c3cnn(C)c3)nc3onc(C)c23)c1C. The zero-order valence-corrected chi connectivity index (χ0v) is 15.5. The maximum absolute atomic E-state index is 13.1. The Kier molecular flexibility index (Phi) is 3.98. The number of rotatable bonds is 4. The van der Waals surface area contributed by atoms with E-state index in [2.05, 4.69) is 25.7 Å². The third-order valence-corrected chi connectivity index (χ3v) is 4.51. The molecule has 4 rings (SSSR count). The van der Waals surface area contributed by atoms with Crippen LogP contribution in [0.2, 0.25) is 0 Å². The Morgan fingerprint density at radius 2 is 2.07 bits per heavy atom. The van der Waals surface area contributed by atoms with E-state index in [0.29, 0.717) is 33.7 Å². The van der Waals surface area contributed by atoms with Gasteiger partial charge in [-0.15, -0.1) is 0 Å². The summed E-state index contributed by atoms with van der Waals surface area (Å²) in [6, 6.07) is 1.73. The minimum atomic E-state index is -0.266. The van der Waals surface area contributed by atoms with Crippen LogP contribution in [0.1, 0.15) is 28.7 Å². The number of hydrogen-bond acceptors (Lipinski definition) is 6. The summed E-state index contributed by atoms with van der Waals surface area (Å²) in [4.78, 5) is 17.5. The van der Waals surface area contributed by atoms with Gasteiger partial charge in [0.1, 0.15) is 0 Å². The first-order valence-electron chi connectivity index (χ1n) is 8.57. The lowest BCUT2D eigenvalue weighted by molar-refractivity contribution is 0.102. The molecule has 0 radical (unpaired) electrons. The Morgan fingerprint density at radius 1 is 1.26 bits per heavy atom. The van der Waals surface area contributed by atoms with Gasteiger partial charge in [0.2, 0.25) is 0 Å². The molecule has 9 heteroatoms. The fourth-order valence-corrected chi connectivity index (χ4v) is 3.05. The number of nitrogens with zero attached hydrogens (tertiary/aromatic N) is 6. The van der Waals surface area contributed by atoms with Crippen LogP contribution in [-0.2, 0) is 13.6 Å². The molecule has 0 spiro atoms. The van der Waals surface area contributed by atoms with Gasteiger partial charge in [0.05, 0.1) is 46.1 Å². The van der Waals surface area contributed by atoms with Crippen LogP contribution < -0.4 is 5.32 Å². The Hall–Kier alpha value is -3.49. The fourth-order valence-electron chi connectivity index (χ4n) is 3.05. The second kappa shape index (κ2) is 6.35. The van der Waals surface area contributed by atoms with Crippen LogP contribution in [0.3, 0.4) is 0 Å². The minimum absolute atomic E-state index is 0.266. The van der Waals surface area contributed by atoms with Gasteiger partial charge in [-0.3, -0.25) is 14.2 Å². The van der Waals surface area contributed by atoms with Gasteiger partial charge in [0.25, 0.3) is 11.6 Å². The lowest BCUT2D eigenvalue weighted by atomic mass is 10.1. The highest BCUT2D eigenvalue weighted by Crippen LogP contribution is 2.27. The third kappa shape index (κ3) is 2.86. The number of fused-ring (bicyclic) bond motifs is 1. The van der Waals surface area contributed by atoms with Crippen LogP contribution in [0.15, 0.2) is 29.2 Å². The van der Waals surface area contributed by atoms with Gasteiger partial charge in [-0.25, -0.2) is 4.98 Å². The molecule has 138 valence electrons. The molecule has 4 aromatic heterocycles. The summed E-state index contributed by atoms with van der Waals surface area (Å²) in [5.74, 6) is -0.266. The Balaban J connectivity index is 1.80. The Bertz CT molecular complexity index is 1150. The molecule has 0 unspecified atom stereocenters. The van der Waals surface area contributed by atoms with Crippen LogP contribution in [0.25, 0.3) is 22.4 Å². The molecule has 1 N–H and O–H groups in total. The molecular formula is C18H19N7O2. The number of anilines is 1. The van der Waals surface area contributed by atoms with Crippen molar-refractivity contribution in [3.05, 3.63) is 41.6 Å². The molecule has 0 aliphatic heterocycles. The van der Waals surface area contributed by atoms with E-state index in [-0.39, 0.29) is 5.91 Å². The summed E-state index contributed by atoms with van der Waals surface area (Å²) in [6.07, 6.45) is 5.17. The van der Waals surface area contributed by atoms with Gasteiger partial charge in [-0.05, 0) is 26.8 Å². The smallest absolute Gasteiger partial charge is 0.259 e. The molecular weight excluding hydrogens is 346 g/mol. The number of hydrogen-bond donors (Lipinski definition) is 1. The fraction of sp³-hybridized carbons (Fsp3) is 0.278. The first kappa shape index (κ1) is 17.0. The van der Waals surface area contributed by atoms with Crippen LogP contribution in [0.4, 0.5) is 5.69 Å². The van der Waals surface area contributed by atoms with Crippen molar-refractivity contribution in [2.45, 2.75) is 27.3 Å². The average molecular weight is 365 g/mol. The summed E-state index contributed by atoms with van der Waals surface area (Å²) < 4.78 is 8.82. The molecule has 0 aromatic carbocycles. The summed E-state index contributed by atoms with van der Waals surface area (Å²) in [6.45, 7) is 6.43. The van der Waals surface area contributed by atoms with Crippen molar-refractivity contribution in [3.8, 4) is 11.3 Å². The zero-order valence-electron chi connectivity index (χ0n) is 15.5. The minimum Gasteiger partial charge on any atom is -0.335 e. The topological polar surface area (TPSA) is 104 Å². The Morgan fingerprint density at radius 3 is 2.74 bits per heavy atom. The molecule has 0 saturated carbocycles. The number of carbonyl (C=O) groups is 1. The van der Waals surface area contributed by atoms with Crippen LogP contribution in [-0.4, -0.2) is 35.6 Å². The van der Waals surface area contributed by atoms with Gasteiger partial charge in [0.15, 0.2) is 0 Å². The quantitative estimate of drug-likeness (QED) is 0.596. The molecule has 27 heavy (non-hydrogen) atoms. The van der Waals surface area contributed by atoms with Crippen LogP contribution in [0, 0.1) is 13.8 Å². The van der Waals surface area contributed by atoms with E-state index < -0.39 is 0 Å². The lowest BCUT2D eigenvalue weighted by Crippen LogP contribution is -2.14. The van der Waals surface area contributed by atoms with E-state index in [9.17, 15) is 4.79 Å². The number of pyridine rings is 1. The maximum Gasteiger partial charge on any atom is 0.259 e. The standard InChI is InChI=1S/C18H19N7O2/c1-5-25-11(3)15(8-20-25)21-17(26)13-6-14(12-7-19-24(4)9-12)22-18-16(13)10(2)23-27-18/h6-9H,5H2,1-4H3,(H,21,26). The molecule has 4 heterocycles. The first-order valence-corrected chi connectivity index (χ1v) is 8.57. The van der Waals surface area contributed by atoms with Crippen molar-refractivity contribution in [1.82, 2.24) is 29.7 Å². The second-order valence-electron chi connectivity index (χ2n) is 6.32. The molecule has 0 saturated heterocycles. The van der Waals surface area contributed by atoms with E-state index in [0.717, 1.165) is 17.8 Å². The highest BCUT2D eigenvalue weighted by Gasteiger charge is 2.21. The normalized spacial score (nSPS) is 11.3. The molecule has 4 aromatic rings. The number of aromatic nitrogens is 6. The first-order chi connectivity index (χ1) is 13.0. The predicted octanol–water partition coefficient (Wildman–Crippen LogP) is 2.71. The molecule has 9 nitrogen and oxygen atoms in total. The second-order valence-corrected chi connectivity index (χ2v) is 6.32. The number of carbonyl (C=O) groups excluding carboxylic acids is 1. The predicted molar refractivity (Wildman–Crippen MR) is 99.3 cm³/mol.